The van der Waals surface area contributed by atoms with Gasteiger partial charge in [0.1, 0.15) is 11.5 Å². The van der Waals surface area contributed by atoms with Gasteiger partial charge in [0.05, 0.1) is 4.47 Å². The van der Waals surface area contributed by atoms with Gasteiger partial charge in [0, 0.05) is 4.47 Å². The van der Waals surface area contributed by atoms with Crippen LogP contribution in [0.25, 0.3) is 0 Å². The van der Waals surface area contributed by atoms with Crippen LogP contribution in [0, 0.1) is 6.92 Å². The van der Waals surface area contributed by atoms with Gasteiger partial charge >= 0.3 is 5.97 Å². The van der Waals surface area contributed by atoms with Crippen molar-refractivity contribution in [3.05, 3.63) is 56.5 Å². The van der Waals surface area contributed by atoms with Gasteiger partial charge in [0.2, 0.25) is 0 Å². The highest BCUT2D eigenvalue weighted by molar-refractivity contribution is 9.11. The maximum atomic E-state index is 12.0. The Bertz CT molecular complexity index is 688. The summed E-state index contributed by atoms with van der Waals surface area (Å²) < 4.78 is 12.7. The first-order valence-corrected chi connectivity index (χ1v) is 9.38. The standard InChI is InChI=1S/C19H20Br2O3/c1-4-12(2)14-5-7-16(8-6-14)24-18(22)11-23-19-13(3)9-15(20)10-17(19)21/h5-10,12H,4,11H2,1-3H3. The van der Waals surface area contributed by atoms with Crippen LogP contribution >= 0.6 is 31.9 Å². The molecule has 0 saturated carbocycles. The number of ether oxygens (including phenoxy) is 2. The highest BCUT2D eigenvalue weighted by Gasteiger charge is 2.11. The third kappa shape index (κ3) is 5.08. The van der Waals surface area contributed by atoms with Crippen molar-refractivity contribution in [2.24, 2.45) is 0 Å². The van der Waals surface area contributed by atoms with Crippen LogP contribution in [0.2, 0.25) is 0 Å². The number of hydrogen-bond acceptors (Lipinski definition) is 3. The molecule has 2 rings (SSSR count). The van der Waals surface area contributed by atoms with Crippen LogP contribution in [0.3, 0.4) is 0 Å². The summed E-state index contributed by atoms with van der Waals surface area (Å²) >= 11 is 6.85. The average molecular weight is 456 g/mol. The molecule has 0 aliphatic rings. The molecule has 0 amide bonds. The van der Waals surface area contributed by atoms with Crippen LogP contribution in [0.5, 0.6) is 11.5 Å². The van der Waals surface area contributed by atoms with Crippen molar-refractivity contribution in [2.45, 2.75) is 33.1 Å². The fourth-order valence-electron chi connectivity index (χ4n) is 2.26. The number of carbonyl (C=O) groups excluding carboxylic acids is 1. The second-order valence-corrected chi connectivity index (χ2v) is 7.44. The lowest BCUT2D eigenvalue weighted by Gasteiger charge is -2.12. The topological polar surface area (TPSA) is 35.5 Å². The Morgan fingerprint density at radius 3 is 2.42 bits per heavy atom. The number of carbonyl (C=O) groups is 1. The van der Waals surface area contributed by atoms with Crippen LogP contribution in [-0.4, -0.2) is 12.6 Å². The molecule has 0 aliphatic heterocycles. The molecule has 2 aromatic carbocycles. The third-order valence-corrected chi connectivity index (χ3v) is 4.87. The predicted octanol–water partition coefficient (Wildman–Crippen LogP) is 6.02. The molecule has 0 aliphatic carbocycles. The Morgan fingerprint density at radius 2 is 1.83 bits per heavy atom. The van der Waals surface area contributed by atoms with Crippen LogP contribution in [-0.2, 0) is 4.79 Å². The van der Waals surface area contributed by atoms with Crippen LogP contribution in [0.4, 0.5) is 0 Å². The number of aryl methyl sites for hydroxylation is 1. The van der Waals surface area contributed by atoms with Crippen LogP contribution in [0.15, 0.2) is 45.3 Å². The summed E-state index contributed by atoms with van der Waals surface area (Å²) in [7, 11) is 0. The molecular formula is C19H20Br2O3. The highest BCUT2D eigenvalue weighted by Crippen LogP contribution is 2.32. The lowest BCUT2D eigenvalue weighted by atomic mass is 9.99. The van der Waals surface area contributed by atoms with Gasteiger partial charge in [-0.25, -0.2) is 4.79 Å². The van der Waals surface area contributed by atoms with E-state index in [2.05, 4.69) is 45.7 Å². The van der Waals surface area contributed by atoms with Crippen molar-refractivity contribution in [1.29, 1.82) is 0 Å². The quantitative estimate of drug-likeness (QED) is 0.394. The Morgan fingerprint density at radius 1 is 1.17 bits per heavy atom. The van der Waals surface area contributed by atoms with E-state index in [0.717, 1.165) is 20.9 Å². The fourth-order valence-corrected chi connectivity index (χ4v) is 3.82. The molecule has 0 radical (unpaired) electrons. The van der Waals surface area contributed by atoms with E-state index in [4.69, 9.17) is 9.47 Å². The maximum Gasteiger partial charge on any atom is 0.349 e. The van der Waals surface area contributed by atoms with Crippen molar-refractivity contribution in [1.82, 2.24) is 0 Å². The summed E-state index contributed by atoms with van der Waals surface area (Å²) in [4.78, 5) is 12.0. The average Bonchev–Trinajstić information content (AvgIpc) is 2.53. The first-order valence-electron chi connectivity index (χ1n) is 7.79. The molecule has 1 unspecified atom stereocenters. The summed E-state index contributed by atoms with van der Waals surface area (Å²) in [5, 5.41) is 0. The van der Waals surface area contributed by atoms with Crippen molar-refractivity contribution in [3.8, 4) is 11.5 Å². The lowest BCUT2D eigenvalue weighted by molar-refractivity contribution is -0.136. The van der Waals surface area contributed by atoms with E-state index in [1.54, 1.807) is 0 Å². The molecule has 2 aromatic rings. The van der Waals surface area contributed by atoms with Gasteiger partial charge in [0.25, 0.3) is 0 Å². The van der Waals surface area contributed by atoms with E-state index < -0.39 is 5.97 Å². The van der Waals surface area contributed by atoms with Crippen LogP contribution < -0.4 is 9.47 Å². The zero-order valence-corrected chi connectivity index (χ0v) is 17.1. The van der Waals surface area contributed by atoms with Gasteiger partial charge in [-0.2, -0.15) is 0 Å². The van der Waals surface area contributed by atoms with E-state index in [-0.39, 0.29) is 6.61 Å². The molecule has 0 aromatic heterocycles. The minimum Gasteiger partial charge on any atom is -0.480 e. The molecular weight excluding hydrogens is 436 g/mol. The monoisotopic (exact) mass is 454 g/mol. The number of halogens is 2. The van der Waals surface area contributed by atoms with Gasteiger partial charge in [0.15, 0.2) is 6.61 Å². The molecule has 0 saturated heterocycles. The molecule has 5 heteroatoms. The lowest BCUT2D eigenvalue weighted by Crippen LogP contribution is -2.18. The molecule has 0 N–H and O–H groups in total. The van der Waals surface area contributed by atoms with Crippen molar-refractivity contribution in [2.75, 3.05) is 6.61 Å². The summed E-state index contributed by atoms with van der Waals surface area (Å²) in [6.07, 6.45) is 1.08. The number of esters is 1. The molecule has 3 nitrogen and oxygen atoms in total. The van der Waals surface area contributed by atoms with Crippen molar-refractivity contribution < 1.29 is 14.3 Å². The van der Waals surface area contributed by atoms with E-state index in [1.807, 2.05) is 43.3 Å². The molecule has 1 atom stereocenters. The van der Waals surface area contributed by atoms with Crippen LogP contribution in [0.1, 0.15) is 37.3 Å². The fraction of sp³-hybridized carbons (Fsp3) is 0.316. The van der Waals surface area contributed by atoms with E-state index in [1.165, 1.54) is 5.56 Å². The van der Waals surface area contributed by atoms with E-state index >= 15 is 0 Å². The maximum absolute atomic E-state index is 12.0. The van der Waals surface area contributed by atoms with Crippen molar-refractivity contribution in [3.63, 3.8) is 0 Å². The Labute approximate surface area is 159 Å². The highest BCUT2D eigenvalue weighted by atomic mass is 79.9. The molecule has 128 valence electrons. The Kier molecular flexibility index (Phi) is 6.87. The van der Waals surface area contributed by atoms with Gasteiger partial charge in [-0.1, -0.05) is 41.9 Å². The van der Waals surface area contributed by atoms with Gasteiger partial charge in [-0.15, -0.1) is 0 Å². The second-order valence-electron chi connectivity index (χ2n) is 5.67. The number of benzene rings is 2. The third-order valence-electron chi connectivity index (χ3n) is 3.82. The van der Waals surface area contributed by atoms with E-state index in [0.29, 0.717) is 17.4 Å². The second kappa shape index (κ2) is 8.67. The number of hydrogen-bond donors (Lipinski definition) is 0. The zero-order valence-electron chi connectivity index (χ0n) is 13.9. The minimum atomic E-state index is -0.430. The van der Waals surface area contributed by atoms with E-state index in [9.17, 15) is 4.79 Å². The summed E-state index contributed by atoms with van der Waals surface area (Å²) in [5.41, 5.74) is 2.17. The minimum absolute atomic E-state index is 0.145. The normalized spacial score (nSPS) is 11.9. The summed E-state index contributed by atoms with van der Waals surface area (Å²) in [6, 6.07) is 11.4. The van der Waals surface area contributed by atoms with Crippen molar-refractivity contribution >= 4 is 37.8 Å². The molecule has 0 bridgehead atoms. The molecule has 0 fully saturated rings. The van der Waals surface area contributed by atoms with Gasteiger partial charge in [-0.3, -0.25) is 0 Å². The van der Waals surface area contributed by atoms with Gasteiger partial charge < -0.3 is 9.47 Å². The molecule has 24 heavy (non-hydrogen) atoms. The predicted molar refractivity (Wildman–Crippen MR) is 103 cm³/mol. The Hall–Kier alpha value is -1.33. The smallest absolute Gasteiger partial charge is 0.349 e. The first kappa shape index (κ1) is 19.0. The largest absolute Gasteiger partial charge is 0.480 e. The molecule has 0 spiro atoms. The summed E-state index contributed by atoms with van der Waals surface area (Å²) in [6.45, 7) is 6.10. The SMILES string of the molecule is CCC(C)c1ccc(OC(=O)COc2c(C)cc(Br)cc2Br)cc1. The van der Waals surface area contributed by atoms with Gasteiger partial charge in [-0.05, 0) is 70.6 Å². The first-order chi connectivity index (χ1) is 11.4. The molecule has 0 heterocycles. The Balaban J connectivity index is 1.94. The number of rotatable bonds is 6. The summed E-state index contributed by atoms with van der Waals surface area (Å²) in [5.74, 6) is 1.24. The zero-order chi connectivity index (χ0) is 17.7.